The Morgan fingerprint density at radius 1 is 0.923 bits per heavy atom. The van der Waals surface area contributed by atoms with E-state index in [9.17, 15) is 0 Å². The smallest absolute Gasteiger partial charge is 0.450 e. The highest BCUT2D eigenvalue weighted by atomic mass is 32.3. The zero-order chi connectivity index (χ0) is 8.08. The van der Waals surface area contributed by atoms with Gasteiger partial charge in [0.2, 0.25) is 0 Å². The van der Waals surface area contributed by atoms with Crippen LogP contribution in [-0.4, -0.2) is 109 Å². The first kappa shape index (κ1) is 36.6. The minimum absolute atomic E-state index is 0. The predicted octanol–water partition coefficient (Wildman–Crippen LogP) is -4.00. The normalized spacial score (nSPS) is 6.31. The molecule has 0 radical (unpaired) electrons. The molecule has 0 aliphatic rings. The lowest BCUT2D eigenvalue weighted by Crippen LogP contribution is -1.89. The lowest BCUT2D eigenvalue weighted by molar-refractivity contribution is 0.137. The van der Waals surface area contributed by atoms with E-state index in [-0.39, 0.29) is 74.6 Å². The topological polar surface area (TPSA) is 164 Å². The van der Waals surface area contributed by atoms with E-state index < -0.39 is 16.6 Å². The van der Waals surface area contributed by atoms with Crippen LogP contribution in [0.25, 0.3) is 0 Å². The van der Waals surface area contributed by atoms with Crippen LogP contribution in [0.1, 0.15) is 0 Å². The van der Waals surface area contributed by atoms with Crippen molar-refractivity contribution in [1.29, 1.82) is 0 Å². The van der Waals surface area contributed by atoms with Gasteiger partial charge in [-0.15, -0.1) is 0 Å². The zero-order valence-corrected chi connectivity index (χ0v) is 5.24. The first-order chi connectivity index (χ1) is 3.73. The molecule has 0 aliphatic heterocycles. The van der Waals surface area contributed by atoms with Gasteiger partial charge in [-0.2, -0.15) is 8.42 Å². The molecule has 0 heterocycles. The molecule has 76 valence electrons. The summed E-state index contributed by atoms with van der Waals surface area (Å²) in [7, 11) is -4.67. The highest BCUT2D eigenvalue weighted by Crippen LogP contribution is 1.59. The maximum atomic E-state index is 8.74. The van der Waals surface area contributed by atoms with Gasteiger partial charge in [0.25, 0.3) is 0 Å². The maximum absolute atomic E-state index is 8.74. The number of carbonyl (C=O) groups is 1. The third-order valence-corrected chi connectivity index (χ3v) is 0. The molecule has 0 saturated heterocycles. The third kappa shape index (κ3) is 890. The van der Waals surface area contributed by atoms with E-state index >= 15 is 0 Å². The van der Waals surface area contributed by atoms with Crippen molar-refractivity contribution < 1.29 is 38.0 Å². The van der Waals surface area contributed by atoms with Crippen molar-refractivity contribution in [2.75, 3.05) is 0 Å². The molecule has 0 spiro atoms. The number of carboxylic acid groups (broad SMARTS) is 2. The predicted molar refractivity (Wildman–Crippen MR) is 54.1 cm³/mol. The van der Waals surface area contributed by atoms with Crippen LogP contribution < -0.4 is 0 Å². The van der Waals surface area contributed by atoms with Gasteiger partial charge in [0.05, 0.1) is 0 Å². The van der Waals surface area contributed by atoms with Gasteiger partial charge in [0, 0.05) is 0 Å². The third-order valence-electron chi connectivity index (χ3n) is 0. The molecule has 0 bridgehead atoms. The molecule has 13 heavy (non-hydrogen) atoms. The molecule has 12 heteroatoms. The van der Waals surface area contributed by atoms with Crippen LogP contribution in [0, 0.1) is 0 Å². The second-order valence-corrected chi connectivity index (χ2v) is 1.63. The molecule has 6 N–H and O–H groups in total. The highest BCUT2D eigenvalue weighted by Gasteiger charge is 1.84. The van der Waals surface area contributed by atoms with E-state index in [4.69, 9.17) is 32.5 Å². The number of rotatable bonds is 0. The Labute approximate surface area is 122 Å². The van der Waals surface area contributed by atoms with Gasteiger partial charge in [-0.3, -0.25) is 9.11 Å². The summed E-state index contributed by atoms with van der Waals surface area (Å²) in [5.41, 5.74) is 0. The Morgan fingerprint density at radius 3 is 0.923 bits per heavy atom. The summed E-state index contributed by atoms with van der Waals surface area (Å²) in [6, 6.07) is 0. The first-order valence-electron chi connectivity index (χ1n) is 1.35. The van der Waals surface area contributed by atoms with Crippen molar-refractivity contribution in [2.45, 2.75) is 0 Å². The Hall–Kier alpha value is 1.40. The molecule has 0 atom stereocenters. The van der Waals surface area contributed by atoms with Crippen molar-refractivity contribution in [3.8, 4) is 0 Å². The van der Waals surface area contributed by atoms with Crippen LogP contribution in [-0.2, 0) is 10.4 Å². The van der Waals surface area contributed by atoms with E-state index in [2.05, 4.69) is 0 Å². The van der Waals surface area contributed by atoms with Crippen LogP contribution in [0.3, 0.4) is 0 Å². The molecular weight excluding hydrogens is 245 g/mol. The lowest BCUT2D eigenvalue weighted by Gasteiger charge is -1.68. The second-order valence-electron chi connectivity index (χ2n) is 0.730. The fraction of sp³-hybridized carbons (Fsp3) is 0. The van der Waals surface area contributed by atoms with Gasteiger partial charge in [-0.05, 0) is 0 Å². The summed E-state index contributed by atoms with van der Waals surface area (Å²) in [5, 5.41) is 13.9. The van der Waals surface area contributed by atoms with Crippen molar-refractivity contribution in [3.63, 3.8) is 0 Å². The van der Waals surface area contributed by atoms with Crippen LogP contribution in [0.5, 0.6) is 0 Å². The zero-order valence-electron chi connectivity index (χ0n) is 4.42. The molecule has 0 aromatic heterocycles. The van der Waals surface area contributed by atoms with Gasteiger partial charge in [-0.1, -0.05) is 0 Å². The average molecular weight is 257 g/mol. The fourth-order valence-corrected chi connectivity index (χ4v) is 0. The monoisotopic (exact) mass is 256 g/mol. The van der Waals surface area contributed by atoms with Crippen LogP contribution in [0.2, 0.25) is 0 Å². The van der Waals surface area contributed by atoms with Crippen molar-refractivity contribution in [2.24, 2.45) is 0 Å². The fourth-order valence-electron chi connectivity index (χ4n) is 0. The molecule has 8 nitrogen and oxygen atoms in total. The highest BCUT2D eigenvalue weighted by molar-refractivity contribution is 7.79. The summed E-state index contributed by atoms with van der Waals surface area (Å²) in [4.78, 5) is 8.56. The van der Waals surface area contributed by atoms with E-state index in [0.29, 0.717) is 0 Å². The van der Waals surface area contributed by atoms with Gasteiger partial charge >= 0.3 is 85.7 Å². The van der Waals surface area contributed by atoms with E-state index in [1.165, 1.54) is 0 Å². The molecule has 0 saturated carbocycles. The quantitative estimate of drug-likeness (QED) is 0.253. The van der Waals surface area contributed by atoms with Gasteiger partial charge < -0.3 is 15.7 Å². The van der Waals surface area contributed by atoms with Crippen molar-refractivity contribution >= 4 is 85.7 Å². The minimum Gasteiger partial charge on any atom is -0.450 e. The summed E-state index contributed by atoms with van der Waals surface area (Å²) in [5.74, 6) is 0. The molecule has 0 aromatic rings. The Kier molecular flexibility index (Phi) is 53.7. The van der Waals surface area contributed by atoms with E-state index in [1.54, 1.807) is 0 Å². The molecule has 0 aromatic carbocycles. The molecular formula is CH12Mg3O8S. The summed E-state index contributed by atoms with van der Waals surface area (Å²) >= 11 is 0. The molecule has 0 fully saturated rings. The van der Waals surface area contributed by atoms with Crippen LogP contribution in [0.15, 0.2) is 0 Å². The maximum Gasteiger partial charge on any atom is 0.503 e. The molecule has 0 amide bonds. The van der Waals surface area contributed by atoms with Gasteiger partial charge in [0.1, 0.15) is 0 Å². The lowest BCUT2D eigenvalue weighted by atomic mass is 11.5. The molecule has 0 aliphatic carbocycles. The second kappa shape index (κ2) is 19.0. The van der Waals surface area contributed by atoms with E-state index in [1.807, 2.05) is 0 Å². The Balaban J connectivity index is -0.0000000146. The van der Waals surface area contributed by atoms with Crippen molar-refractivity contribution in [3.05, 3.63) is 0 Å². The minimum atomic E-state index is -4.67. The summed E-state index contributed by atoms with van der Waals surface area (Å²) < 4.78 is 31.6. The van der Waals surface area contributed by atoms with E-state index in [0.717, 1.165) is 0 Å². The number of hydrogen-bond donors (Lipinski definition) is 4. The molecule has 0 rings (SSSR count). The standard InChI is InChI=1S/CH2O3.3Mg.H2O4S.H2O.6H/c2-1(3)4;;;;1-5(2,3)4;;;;;;;/h(H2,2,3,4);;;;(H2,1,2,3,4);1H2;;;;;;. The summed E-state index contributed by atoms with van der Waals surface area (Å²) in [6.07, 6.45) is -1.83. The van der Waals surface area contributed by atoms with Crippen molar-refractivity contribution in [1.82, 2.24) is 0 Å². The Bertz CT molecular complexity index is 162. The van der Waals surface area contributed by atoms with Crippen LogP contribution in [0.4, 0.5) is 4.79 Å². The van der Waals surface area contributed by atoms with Gasteiger partial charge in [-0.25, -0.2) is 4.79 Å². The summed E-state index contributed by atoms with van der Waals surface area (Å²) in [6.45, 7) is 0. The largest absolute Gasteiger partial charge is 0.503 e. The first-order valence-corrected chi connectivity index (χ1v) is 2.75. The van der Waals surface area contributed by atoms with Crippen LogP contribution >= 0.6 is 0 Å². The average Bonchev–Trinajstić information content (AvgIpc) is 1.19. The van der Waals surface area contributed by atoms with Gasteiger partial charge in [0.15, 0.2) is 0 Å². The number of hydrogen-bond acceptors (Lipinski definition) is 3. The molecule has 0 unspecified atom stereocenters. The Morgan fingerprint density at radius 2 is 0.923 bits per heavy atom. The SMILES string of the molecule is O.O=C(O)O.O=S(=O)(O)O.[MgH2].[MgH2].[MgH2].